The molecular weight excluding hydrogens is 244 g/mol. The topological polar surface area (TPSA) is 12.0 Å². The number of hydrogen-bond acceptors (Lipinski definition) is 1. The first-order valence-corrected chi connectivity index (χ1v) is 7.09. The molecule has 1 aromatic carbocycles. The molecule has 2 rings (SSSR count). The summed E-state index contributed by atoms with van der Waals surface area (Å²) in [4.78, 5) is 0. The Labute approximate surface area is 113 Å². The van der Waals surface area contributed by atoms with Crippen LogP contribution in [-0.4, -0.2) is 6.54 Å². The van der Waals surface area contributed by atoms with Crippen LogP contribution in [0.3, 0.4) is 0 Å². The minimum Gasteiger partial charge on any atom is -0.306 e. The van der Waals surface area contributed by atoms with Crippen molar-refractivity contribution in [2.45, 2.75) is 45.1 Å². The van der Waals surface area contributed by atoms with Crippen molar-refractivity contribution in [2.75, 3.05) is 6.54 Å². The Morgan fingerprint density at radius 1 is 1.26 bits per heavy atom. The Hall–Kier alpha value is -1.22. The molecule has 0 amide bonds. The average molecular weight is 265 g/mol. The van der Waals surface area contributed by atoms with Gasteiger partial charge in [-0.1, -0.05) is 18.6 Å². The zero-order valence-electron chi connectivity index (χ0n) is 11.4. The molecule has 0 saturated carbocycles. The normalized spacial score (nSPS) is 17.1. The maximum absolute atomic E-state index is 14.0. The van der Waals surface area contributed by atoms with Crippen molar-refractivity contribution in [1.82, 2.24) is 5.32 Å². The lowest BCUT2D eigenvalue weighted by Gasteiger charge is -2.25. The maximum Gasteiger partial charge on any atom is 0.128 e. The van der Waals surface area contributed by atoms with Gasteiger partial charge < -0.3 is 5.32 Å². The fraction of sp³-hybridized carbons (Fsp3) is 0.500. The Kier molecular flexibility index (Phi) is 5.08. The quantitative estimate of drug-likeness (QED) is 0.773. The van der Waals surface area contributed by atoms with E-state index in [2.05, 4.69) is 18.3 Å². The van der Waals surface area contributed by atoms with Gasteiger partial charge in [-0.25, -0.2) is 8.78 Å². The first kappa shape index (κ1) is 14.2. The number of allylic oxidation sites excluding steroid dienone is 1. The summed E-state index contributed by atoms with van der Waals surface area (Å²) in [6, 6.07) is 3.52. The number of benzene rings is 1. The van der Waals surface area contributed by atoms with Crippen LogP contribution in [0, 0.1) is 11.6 Å². The van der Waals surface area contributed by atoms with Crippen LogP contribution < -0.4 is 5.32 Å². The van der Waals surface area contributed by atoms with E-state index in [1.54, 1.807) is 0 Å². The van der Waals surface area contributed by atoms with E-state index in [0.29, 0.717) is 5.56 Å². The second-order valence-corrected chi connectivity index (χ2v) is 5.08. The summed E-state index contributed by atoms with van der Waals surface area (Å²) in [7, 11) is 0. The summed E-state index contributed by atoms with van der Waals surface area (Å²) in [5.74, 6) is -0.711. The summed E-state index contributed by atoms with van der Waals surface area (Å²) >= 11 is 0. The van der Waals surface area contributed by atoms with Crippen LogP contribution >= 0.6 is 0 Å². The molecule has 1 aliphatic carbocycles. The Morgan fingerprint density at radius 3 is 2.79 bits per heavy atom. The average Bonchev–Trinajstić information content (AvgIpc) is 2.44. The molecule has 0 saturated heterocycles. The zero-order valence-corrected chi connectivity index (χ0v) is 11.4. The fourth-order valence-electron chi connectivity index (χ4n) is 2.59. The van der Waals surface area contributed by atoms with Crippen LogP contribution in [0.4, 0.5) is 8.78 Å². The van der Waals surface area contributed by atoms with Gasteiger partial charge in [-0.05, 0) is 56.8 Å². The summed E-state index contributed by atoms with van der Waals surface area (Å²) in [6.45, 7) is 2.87. The number of hydrogen-bond donors (Lipinski definition) is 1. The molecule has 0 spiro atoms. The number of nitrogens with one attached hydrogen (secondary N) is 1. The zero-order chi connectivity index (χ0) is 13.7. The van der Waals surface area contributed by atoms with Crippen LogP contribution in [0.2, 0.25) is 0 Å². The van der Waals surface area contributed by atoms with Crippen LogP contribution in [0.25, 0.3) is 0 Å². The van der Waals surface area contributed by atoms with Crippen molar-refractivity contribution in [3.63, 3.8) is 0 Å². The van der Waals surface area contributed by atoms with Gasteiger partial charge in [-0.15, -0.1) is 0 Å². The molecular formula is C16H21F2N. The molecule has 0 fully saturated rings. The summed E-state index contributed by atoms with van der Waals surface area (Å²) < 4.78 is 27.4. The van der Waals surface area contributed by atoms with Crippen LogP contribution in [0.15, 0.2) is 29.8 Å². The Morgan fingerprint density at radius 2 is 2.11 bits per heavy atom. The van der Waals surface area contributed by atoms with Crippen LogP contribution in [-0.2, 0) is 0 Å². The molecule has 1 aromatic rings. The second kappa shape index (κ2) is 6.80. The third-order valence-corrected chi connectivity index (χ3v) is 3.56. The van der Waals surface area contributed by atoms with E-state index in [-0.39, 0.29) is 17.7 Å². The molecule has 104 valence electrons. The molecule has 0 radical (unpaired) electrons. The van der Waals surface area contributed by atoms with Gasteiger partial charge in [0.05, 0.1) is 6.04 Å². The third-order valence-electron chi connectivity index (χ3n) is 3.56. The summed E-state index contributed by atoms with van der Waals surface area (Å²) in [6.07, 6.45) is 7.48. The Balaban J connectivity index is 2.30. The lowest BCUT2D eigenvalue weighted by atomic mass is 9.89. The third kappa shape index (κ3) is 3.63. The van der Waals surface area contributed by atoms with Crippen LogP contribution in [0.5, 0.6) is 0 Å². The molecule has 1 nitrogen and oxygen atoms in total. The van der Waals surface area contributed by atoms with Crippen molar-refractivity contribution in [2.24, 2.45) is 0 Å². The fourth-order valence-corrected chi connectivity index (χ4v) is 2.59. The molecule has 1 unspecified atom stereocenters. The van der Waals surface area contributed by atoms with Gasteiger partial charge in [-0.3, -0.25) is 0 Å². The van der Waals surface area contributed by atoms with E-state index in [9.17, 15) is 8.78 Å². The molecule has 1 atom stereocenters. The number of rotatable bonds is 5. The Bertz CT molecular complexity index is 454. The smallest absolute Gasteiger partial charge is 0.128 e. The van der Waals surface area contributed by atoms with Crippen molar-refractivity contribution in [3.05, 3.63) is 47.0 Å². The minimum absolute atomic E-state index is 0.184. The van der Waals surface area contributed by atoms with E-state index in [1.807, 2.05) is 0 Å². The molecule has 19 heavy (non-hydrogen) atoms. The monoisotopic (exact) mass is 265 g/mol. The standard InChI is InChI=1S/C16H21F2N/c1-2-10-19-16(12-6-4-3-5-7-12)14-11-13(17)8-9-15(14)18/h6,8-9,11,16,19H,2-5,7,10H2,1H3. The largest absolute Gasteiger partial charge is 0.306 e. The van der Waals surface area contributed by atoms with Crippen molar-refractivity contribution in [1.29, 1.82) is 0 Å². The van der Waals surface area contributed by atoms with Gasteiger partial charge in [0.15, 0.2) is 0 Å². The predicted molar refractivity (Wildman–Crippen MR) is 73.9 cm³/mol. The van der Waals surface area contributed by atoms with Crippen molar-refractivity contribution in [3.8, 4) is 0 Å². The molecule has 3 heteroatoms. The van der Waals surface area contributed by atoms with Gasteiger partial charge in [0.1, 0.15) is 11.6 Å². The van der Waals surface area contributed by atoms with Gasteiger partial charge in [0.2, 0.25) is 0 Å². The molecule has 0 bridgehead atoms. The van der Waals surface area contributed by atoms with Crippen molar-refractivity contribution >= 4 is 0 Å². The summed E-state index contributed by atoms with van der Waals surface area (Å²) in [5, 5.41) is 3.35. The molecule has 0 aliphatic heterocycles. The SMILES string of the molecule is CCCNC(C1=CCCCC1)c1cc(F)ccc1F. The van der Waals surface area contributed by atoms with E-state index in [0.717, 1.165) is 32.2 Å². The van der Waals surface area contributed by atoms with E-state index in [1.165, 1.54) is 30.2 Å². The highest BCUT2D eigenvalue weighted by molar-refractivity contribution is 5.30. The highest BCUT2D eigenvalue weighted by Crippen LogP contribution is 2.31. The maximum atomic E-state index is 14.0. The molecule has 1 N–H and O–H groups in total. The van der Waals surface area contributed by atoms with Gasteiger partial charge in [-0.2, -0.15) is 0 Å². The lowest BCUT2D eigenvalue weighted by molar-refractivity contribution is 0.509. The molecule has 0 aromatic heterocycles. The first-order valence-electron chi connectivity index (χ1n) is 7.09. The summed E-state index contributed by atoms with van der Waals surface area (Å²) in [5.41, 5.74) is 1.63. The van der Waals surface area contributed by atoms with E-state index >= 15 is 0 Å². The molecule has 0 heterocycles. The van der Waals surface area contributed by atoms with Crippen molar-refractivity contribution < 1.29 is 8.78 Å². The lowest BCUT2D eigenvalue weighted by Crippen LogP contribution is -2.25. The van der Waals surface area contributed by atoms with Crippen LogP contribution in [0.1, 0.15) is 50.6 Å². The minimum atomic E-state index is -0.379. The van der Waals surface area contributed by atoms with Gasteiger partial charge in [0, 0.05) is 5.56 Å². The molecule has 1 aliphatic rings. The van der Waals surface area contributed by atoms with Gasteiger partial charge >= 0.3 is 0 Å². The highest BCUT2D eigenvalue weighted by Gasteiger charge is 2.21. The highest BCUT2D eigenvalue weighted by atomic mass is 19.1. The number of halogens is 2. The first-order chi connectivity index (χ1) is 9.22. The second-order valence-electron chi connectivity index (χ2n) is 5.08. The van der Waals surface area contributed by atoms with Gasteiger partial charge in [0.25, 0.3) is 0 Å². The predicted octanol–water partition coefficient (Wildman–Crippen LogP) is 4.51. The van der Waals surface area contributed by atoms with E-state index < -0.39 is 0 Å². The van der Waals surface area contributed by atoms with E-state index in [4.69, 9.17) is 0 Å².